The summed E-state index contributed by atoms with van der Waals surface area (Å²) in [7, 11) is 0. The highest BCUT2D eigenvalue weighted by molar-refractivity contribution is 7.26. The Hall–Kier alpha value is -4.86. The van der Waals surface area contributed by atoms with Crippen LogP contribution in [0.2, 0.25) is 0 Å². The molecule has 9 aromatic rings. The molecule has 2 nitrogen and oxygen atoms in total. The second-order valence-electron chi connectivity index (χ2n) is 10.3. The van der Waals surface area contributed by atoms with Gasteiger partial charge in [0.25, 0.3) is 0 Å². The lowest BCUT2D eigenvalue weighted by molar-refractivity contribution is 1.18. The highest BCUT2D eigenvalue weighted by Crippen LogP contribution is 2.43. The fourth-order valence-electron chi connectivity index (χ4n) is 6.30. The fraction of sp³-hybridized carbons (Fsp3) is 0. The molecule has 0 aliphatic rings. The Labute approximate surface area is 228 Å². The first kappa shape index (κ1) is 21.1. The van der Waals surface area contributed by atoms with Gasteiger partial charge < -0.3 is 9.55 Å². The van der Waals surface area contributed by atoms with Gasteiger partial charge in [0.1, 0.15) is 0 Å². The predicted molar refractivity (Wildman–Crippen MR) is 168 cm³/mol. The van der Waals surface area contributed by atoms with Gasteiger partial charge >= 0.3 is 0 Å². The normalized spacial score (nSPS) is 12.1. The Morgan fingerprint density at radius 2 is 1.15 bits per heavy atom. The van der Waals surface area contributed by atoms with Crippen LogP contribution >= 0.6 is 11.3 Å². The van der Waals surface area contributed by atoms with Gasteiger partial charge in [-0.1, -0.05) is 72.8 Å². The standard InChI is InChI=1S/C36H22N2S/c1-3-9-22(10-4-1)23-15-16-33-27(17-23)28-18-29-30-19-32-26(25-13-7-8-14-31(25)37-32)20-35(30)39-36(29)21-34(28)38(33)24-11-5-2-6-12-24/h1-21,37H. The van der Waals surface area contributed by atoms with Crippen LogP contribution in [-0.2, 0) is 0 Å². The van der Waals surface area contributed by atoms with Gasteiger partial charge in [-0.25, -0.2) is 0 Å². The molecule has 0 unspecified atom stereocenters. The van der Waals surface area contributed by atoms with Gasteiger partial charge in [-0.2, -0.15) is 0 Å². The molecule has 0 fully saturated rings. The predicted octanol–water partition coefficient (Wildman–Crippen LogP) is 10.5. The Bertz CT molecular complexity index is 2370. The number of aromatic amines is 1. The molecule has 0 aliphatic carbocycles. The van der Waals surface area contributed by atoms with Crippen LogP contribution in [0.3, 0.4) is 0 Å². The molecule has 0 atom stereocenters. The zero-order chi connectivity index (χ0) is 25.5. The van der Waals surface area contributed by atoms with E-state index in [2.05, 4.69) is 137 Å². The molecular formula is C36H22N2S. The van der Waals surface area contributed by atoms with Crippen molar-refractivity contribution in [2.24, 2.45) is 0 Å². The average molecular weight is 515 g/mol. The first-order valence-electron chi connectivity index (χ1n) is 13.3. The largest absolute Gasteiger partial charge is 0.354 e. The van der Waals surface area contributed by atoms with Crippen molar-refractivity contribution in [3.8, 4) is 16.8 Å². The summed E-state index contributed by atoms with van der Waals surface area (Å²) in [4.78, 5) is 3.64. The summed E-state index contributed by atoms with van der Waals surface area (Å²) in [5.41, 5.74) is 8.53. The number of hydrogen-bond acceptors (Lipinski definition) is 1. The van der Waals surface area contributed by atoms with Gasteiger partial charge in [0, 0.05) is 58.4 Å². The molecule has 0 saturated heterocycles. The monoisotopic (exact) mass is 514 g/mol. The number of benzene rings is 6. The molecule has 0 radical (unpaired) electrons. The summed E-state index contributed by atoms with van der Waals surface area (Å²) in [6.45, 7) is 0. The molecule has 3 heteroatoms. The van der Waals surface area contributed by atoms with E-state index in [-0.39, 0.29) is 0 Å². The number of nitrogens with one attached hydrogen (secondary N) is 1. The topological polar surface area (TPSA) is 20.7 Å². The van der Waals surface area contributed by atoms with Gasteiger partial charge in [-0.05, 0) is 65.7 Å². The minimum Gasteiger partial charge on any atom is -0.354 e. The van der Waals surface area contributed by atoms with Crippen molar-refractivity contribution < 1.29 is 0 Å². The maximum atomic E-state index is 3.64. The van der Waals surface area contributed by atoms with E-state index in [4.69, 9.17) is 0 Å². The SMILES string of the molecule is c1ccc(-c2ccc3c(c2)c2cc4c(cc2n3-c2ccccc2)sc2cc3c(cc24)[nH]c2ccccc23)cc1. The minimum absolute atomic E-state index is 1.19. The Morgan fingerprint density at radius 1 is 0.436 bits per heavy atom. The number of fused-ring (bicyclic) bond motifs is 9. The number of nitrogens with zero attached hydrogens (tertiary/aromatic N) is 1. The van der Waals surface area contributed by atoms with Gasteiger partial charge in [0.05, 0.1) is 11.0 Å². The summed E-state index contributed by atoms with van der Waals surface area (Å²) in [6.07, 6.45) is 0. The first-order chi connectivity index (χ1) is 19.3. The quantitative estimate of drug-likeness (QED) is 0.237. The van der Waals surface area contributed by atoms with E-state index in [9.17, 15) is 0 Å². The molecule has 182 valence electrons. The van der Waals surface area contributed by atoms with Gasteiger partial charge in [0.2, 0.25) is 0 Å². The third kappa shape index (κ3) is 3.02. The number of rotatable bonds is 2. The highest BCUT2D eigenvalue weighted by atomic mass is 32.1. The van der Waals surface area contributed by atoms with Crippen LogP contribution in [0.1, 0.15) is 0 Å². The first-order valence-corrected chi connectivity index (χ1v) is 14.1. The van der Waals surface area contributed by atoms with Crippen LogP contribution in [0.15, 0.2) is 127 Å². The summed E-state index contributed by atoms with van der Waals surface area (Å²) < 4.78 is 5.06. The Balaban J connectivity index is 1.40. The van der Waals surface area contributed by atoms with Crippen molar-refractivity contribution in [3.63, 3.8) is 0 Å². The lowest BCUT2D eigenvalue weighted by Gasteiger charge is -2.08. The maximum Gasteiger partial charge on any atom is 0.0555 e. The van der Waals surface area contributed by atoms with Crippen LogP contribution in [0.5, 0.6) is 0 Å². The van der Waals surface area contributed by atoms with Gasteiger partial charge in [-0.15, -0.1) is 11.3 Å². The van der Waals surface area contributed by atoms with Crippen LogP contribution in [0, 0.1) is 0 Å². The fourth-order valence-corrected chi connectivity index (χ4v) is 7.44. The number of para-hydroxylation sites is 2. The molecule has 0 amide bonds. The minimum atomic E-state index is 1.19. The summed E-state index contributed by atoms with van der Waals surface area (Å²) in [5, 5.41) is 7.78. The second-order valence-corrected chi connectivity index (χ2v) is 11.4. The maximum absolute atomic E-state index is 3.64. The van der Waals surface area contributed by atoms with Gasteiger partial charge in [-0.3, -0.25) is 0 Å². The second kappa shape index (κ2) is 7.83. The van der Waals surface area contributed by atoms with E-state index in [1.165, 1.54) is 80.6 Å². The molecule has 0 bridgehead atoms. The zero-order valence-corrected chi connectivity index (χ0v) is 21.8. The van der Waals surface area contributed by atoms with Crippen molar-refractivity contribution in [1.29, 1.82) is 0 Å². The summed E-state index contributed by atoms with van der Waals surface area (Å²) >= 11 is 1.89. The Morgan fingerprint density at radius 3 is 2.03 bits per heavy atom. The number of hydrogen-bond donors (Lipinski definition) is 1. The number of H-pyrrole nitrogens is 1. The van der Waals surface area contributed by atoms with E-state index in [1.807, 2.05) is 11.3 Å². The lowest BCUT2D eigenvalue weighted by Crippen LogP contribution is -1.92. The molecule has 0 aliphatic heterocycles. The van der Waals surface area contributed by atoms with Gasteiger partial charge in [0.15, 0.2) is 0 Å². The zero-order valence-electron chi connectivity index (χ0n) is 21.0. The smallest absolute Gasteiger partial charge is 0.0555 e. The molecule has 3 heterocycles. The number of thiophene rings is 1. The highest BCUT2D eigenvalue weighted by Gasteiger charge is 2.17. The van der Waals surface area contributed by atoms with E-state index >= 15 is 0 Å². The summed E-state index contributed by atoms with van der Waals surface area (Å²) in [6, 6.07) is 46.4. The van der Waals surface area contributed by atoms with E-state index < -0.39 is 0 Å². The molecule has 39 heavy (non-hydrogen) atoms. The number of aromatic nitrogens is 2. The molecule has 0 spiro atoms. The summed E-state index contributed by atoms with van der Waals surface area (Å²) in [5.74, 6) is 0. The third-order valence-electron chi connectivity index (χ3n) is 8.10. The molecule has 0 saturated carbocycles. The van der Waals surface area contributed by atoms with Crippen LogP contribution < -0.4 is 0 Å². The molecule has 6 aromatic carbocycles. The van der Waals surface area contributed by atoms with Crippen molar-refractivity contribution in [2.45, 2.75) is 0 Å². The van der Waals surface area contributed by atoms with E-state index in [0.717, 1.165) is 0 Å². The van der Waals surface area contributed by atoms with Crippen molar-refractivity contribution >= 4 is 75.1 Å². The molecule has 9 rings (SSSR count). The van der Waals surface area contributed by atoms with Crippen molar-refractivity contribution in [3.05, 3.63) is 127 Å². The average Bonchev–Trinajstić information content (AvgIpc) is 3.64. The molecular weight excluding hydrogens is 492 g/mol. The third-order valence-corrected chi connectivity index (χ3v) is 9.22. The lowest BCUT2D eigenvalue weighted by atomic mass is 10.0. The Kier molecular flexibility index (Phi) is 4.24. The van der Waals surface area contributed by atoms with Crippen molar-refractivity contribution in [1.82, 2.24) is 9.55 Å². The van der Waals surface area contributed by atoms with E-state index in [0.29, 0.717) is 0 Å². The van der Waals surface area contributed by atoms with E-state index in [1.54, 1.807) is 0 Å². The van der Waals surface area contributed by atoms with Crippen LogP contribution in [-0.4, -0.2) is 9.55 Å². The van der Waals surface area contributed by atoms with Crippen LogP contribution in [0.25, 0.3) is 80.6 Å². The van der Waals surface area contributed by atoms with Crippen LogP contribution in [0.4, 0.5) is 0 Å². The molecule has 3 aromatic heterocycles. The van der Waals surface area contributed by atoms with Crippen molar-refractivity contribution in [2.75, 3.05) is 0 Å². The molecule has 1 N–H and O–H groups in total.